The molecule has 0 radical (unpaired) electrons. The molecule has 234 valence electrons. The zero-order valence-electron chi connectivity index (χ0n) is 25.1. The van der Waals surface area contributed by atoms with E-state index in [4.69, 9.17) is 14.2 Å². The minimum Gasteiger partial charge on any atom is -0.494 e. The lowest BCUT2D eigenvalue weighted by atomic mass is 9.45. The lowest BCUT2D eigenvalue weighted by Crippen LogP contribution is -2.68. The van der Waals surface area contributed by atoms with Gasteiger partial charge in [-0.05, 0) is 75.1 Å². The van der Waals surface area contributed by atoms with Crippen molar-refractivity contribution in [2.75, 3.05) is 6.61 Å². The molecule has 0 spiro atoms. The third-order valence-electron chi connectivity index (χ3n) is 10.5. The predicted molar refractivity (Wildman–Crippen MR) is 150 cm³/mol. The van der Waals surface area contributed by atoms with E-state index in [9.17, 15) is 19.5 Å². The van der Waals surface area contributed by atoms with Crippen LogP contribution in [0.3, 0.4) is 0 Å². The van der Waals surface area contributed by atoms with Crippen LogP contribution in [-0.2, 0) is 30.5 Å². The van der Waals surface area contributed by atoms with Gasteiger partial charge in [0.15, 0.2) is 11.5 Å². The fourth-order valence-electron chi connectivity index (χ4n) is 8.68. The molecule has 7 nitrogen and oxygen atoms in total. The van der Waals surface area contributed by atoms with Crippen LogP contribution in [0.25, 0.3) is 0 Å². The average molecular weight is 605 g/mol. The maximum absolute atomic E-state index is 17.6. The van der Waals surface area contributed by atoms with E-state index in [0.717, 1.165) is 12.2 Å². The summed E-state index contributed by atoms with van der Waals surface area (Å²) in [6, 6.07) is 7.01. The predicted octanol–water partition coefficient (Wildman–Crippen LogP) is 5.68. The van der Waals surface area contributed by atoms with Gasteiger partial charge in [-0.15, -0.1) is 0 Å². The van der Waals surface area contributed by atoms with Gasteiger partial charge in [-0.3, -0.25) is 14.4 Å². The molecule has 5 rings (SSSR count). The number of benzene rings is 1. The van der Waals surface area contributed by atoms with Crippen LogP contribution in [0.1, 0.15) is 65.9 Å². The molecule has 0 aliphatic heterocycles. The average Bonchev–Trinajstić information content (AvgIpc) is 3.18. The highest BCUT2D eigenvalue weighted by atomic mass is 19.2. The molecule has 0 unspecified atom stereocenters. The molecule has 3 fully saturated rings. The van der Waals surface area contributed by atoms with Crippen molar-refractivity contribution in [1.82, 2.24) is 0 Å². The van der Waals surface area contributed by atoms with Crippen molar-refractivity contribution in [1.29, 1.82) is 0 Å². The lowest BCUT2D eigenvalue weighted by Gasteiger charge is -2.62. The largest absolute Gasteiger partial charge is 0.494 e. The summed E-state index contributed by atoms with van der Waals surface area (Å²) in [7, 11) is 0. The molecular formula is C33H39F3O7. The van der Waals surface area contributed by atoms with Gasteiger partial charge in [0.05, 0.1) is 12.7 Å². The van der Waals surface area contributed by atoms with Gasteiger partial charge in [0.1, 0.15) is 30.0 Å². The van der Waals surface area contributed by atoms with Crippen molar-refractivity contribution in [3.05, 3.63) is 53.4 Å². The fourth-order valence-corrected chi connectivity index (χ4v) is 8.68. The summed E-state index contributed by atoms with van der Waals surface area (Å²) in [5.74, 6) is -6.00. The van der Waals surface area contributed by atoms with Gasteiger partial charge < -0.3 is 19.3 Å². The maximum atomic E-state index is 17.6. The molecule has 4 aliphatic rings. The molecule has 1 aromatic rings. The number of hydrogen-bond donors (Lipinski definition) is 1. The number of rotatable bonds is 7. The minimum absolute atomic E-state index is 0.00803. The highest BCUT2D eigenvalue weighted by Gasteiger charge is 2.76. The second-order valence-corrected chi connectivity index (χ2v) is 13.0. The number of ketones is 1. The molecule has 10 heteroatoms. The molecule has 43 heavy (non-hydrogen) atoms. The molecule has 0 heterocycles. The number of fused-ring (bicyclic) bond motifs is 5. The number of ether oxygens (including phenoxy) is 3. The van der Waals surface area contributed by atoms with Crippen molar-refractivity contribution in [3.8, 4) is 5.75 Å². The van der Waals surface area contributed by atoms with Crippen molar-refractivity contribution < 1.29 is 46.9 Å². The first-order valence-electron chi connectivity index (χ1n) is 14.9. The summed E-state index contributed by atoms with van der Waals surface area (Å²) in [4.78, 5) is 38.6. The van der Waals surface area contributed by atoms with Crippen molar-refractivity contribution in [3.63, 3.8) is 0 Å². The number of carbonyl (C=O) groups is 3. The third kappa shape index (κ3) is 4.62. The third-order valence-corrected chi connectivity index (χ3v) is 10.5. The highest BCUT2D eigenvalue weighted by molar-refractivity contribution is 6.04. The Morgan fingerprint density at radius 2 is 1.74 bits per heavy atom. The molecule has 9 atom stereocenters. The summed E-state index contributed by atoms with van der Waals surface area (Å²) in [5, 5.41) is 11.6. The van der Waals surface area contributed by atoms with E-state index in [0.29, 0.717) is 17.9 Å². The van der Waals surface area contributed by atoms with Crippen molar-refractivity contribution >= 4 is 17.7 Å². The van der Waals surface area contributed by atoms with Crippen LogP contribution in [0.4, 0.5) is 13.2 Å². The Balaban J connectivity index is 1.52. The number of esters is 2. The summed E-state index contributed by atoms with van der Waals surface area (Å²) >= 11 is 0. The Bertz CT molecular complexity index is 1370. The van der Waals surface area contributed by atoms with E-state index in [1.54, 1.807) is 45.0 Å². The van der Waals surface area contributed by atoms with Crippen LogP contribution in [0.15, 0.2) is 47.8 Å². The van der Waals surface area contributed by atoms with E-state index in [2.05, 4.69) is 0 Å². The second-order valence-electron chi connectivity index (χ2n) is 13.0. The molecule has 0 bridgehead atoms. The van der Waals surface area contributed by atoms with Gasteiger partial charge in [-0.25, -0.2) is 13.2 Å². The first kappa shape index (κ1) is 31.3. The van der Waals surface area contributed by atoms with Crippen molar-refractivity contribution in [2.45, 2.75) is 90.5 Å². The minimum atomic E-state index is -2.56. The molecule has 3 saturated carbocycles. The summed E-state index contributed by atoms with van der Waals surface area (Å²) in [6.07, 6.45) is -2.41. The highest BCUT2D eigenvalue weighted by Crippen LogP contribution is 2.71. The first-order chi connectivity index (χ1) is 20.2. The number of aliphatic hydroxyl groups is 1. The van der Waals surface area contributed by atoms with Gasteiger partial charge in [0.25, 0.3) is 0 Å². The SMILES string of the molecule is CCOc1ccc(COC(=O)[C@H]2[C@@]3(C)C[C@H](O)[C@@]4(F)[C@@H](C[C@H](F)C5=C(F)C(=O)C=C[C@@]54C)[C@@H]3C[C@]2(C)OC(=O)CC)cc1. The number of carbonyl (C=O) groups excluding carboxylic acids is 3. The summed E-state index contributed by atoms with van der Waals surface area (Å²) < 4.78 is 65.5. The van der Waals surface area contributed by atoms with Gasteiger partial charge in [-0.2, -0.15) is 0 Å². The Labute approximate surface area is 249 Å². The van der Waals surface area contributed by atoms with Gasteiger partial charge in [0.2, 0.25) is 5.78 Å². The van der Waals surface area contributed by atoms with E-state index < -0.39 is 87.7 Å². The second kappa shape index (κ2) is 10.8. The van der Waals surface area contributed by atoms with Crippen LogP contribution < -0.4 is 4.74 Å². The zero-order chi connectivity index (χ0) is 31.5. The molecule has 0 saturated heterocycles. The lowest BCUT2D eigenvalue weighted by molar-refractivity contribution is -0.207. The Morgan fingerprint density at radius 3 is 2.37 bits per heavy atom. The van der Waals surface area contributed by atoms with Crippen LogP contribution >= 0.6 is 0 Å². The first-order valence-corrected chi connectivity index (χ1v) is 14.9. The number of hydrogen-bond acceptors (Lipinski definition) is 7. The summed E-state index contributed by atoms with van der Waals surface area (Å²) in [6.45, 7) is 8.52. The molecular weight excluding hydrogens is 565 g/mol. The number of alkyl halides is 2. The van der Waals surface area contributed by atoms with E-state index in [-0.39, 0.29) is 25.9 Å². The van der Waals surface area contributed by atoms with Crippen LogP contribution in [0.5, 0.6) is 5.75 Å². The Hall–Kier alpha value is -3.14. The Kier molecular flexibility index (Phi) is 7.85. The Morgan fingerprint density at radius 1 is 1.07 bits per heavy atom. The molecule has 4 aliphatic carbocycles. The molecule has 1 N–H and O–H groups in total. The maximum Gasteiger partial charge on any atom is 0.313 e. The fraction of sp³-hybridized carbons (Fsp3) is 0.606. The van der Waals surface area contributed by atoms with Gasteiger partial charge in [-0.1, -0.05) is 32.1 Å². The van der Waals surface area contributed by atoms with Crippen LogP contribution in [0, 0.1) is 28.6 Å². The van der Waals surface area contributed by atoms with E-state index >= 15 is 13.2 Å². The van der Waals surface area contributed by atoms with E-state index in [1.807, 2.05) is 6.92 Å². The number of allylic oxidation sites excluding steroid dienone is 4. The summed E-state index contributed by atoms with van der Waals surface area (Å²) in [5.41, 5.74) is -7.00. The van der Waals surface area contributed by atoms with Crippen molar-refractivity contribution in [2.24, 2.45) is 28.6 Å². The normalized spacial score (nSPS) is 39.9. The van der Waals surface area contributed by atoms with E-state index in [1.165, 1.54) is 6.92 Å². The topological polar surface area (TPSA) is 99.1 Å². The van der Waals surface area contributed by atoms with Gasteiger partial charge in [0, 0.05) is 23.3 Å². The zero-order valence-corrected chi connectivity index (χ0v) is 25.1. The number of aliphatic hydroxyl groups excluding tert-OH is 1. The molecule has 1 aromatic carbocycles. The van der Waals surface area contributed by atoms with Crippen LogP contribution in [0.2, 0.25) is 0 Å². The number of halogens is 3. The standard InChI is InChI=1S/C33H39F3O7/c1-6-25(39)43-32(5)15-21-20-14-22(34)26-27(35)23(37)12-13-31(26,4)33(20,36)24(38)16-30(21,3)28(32)29(40)42-17-18-8-10-19(11-9-18)41-7-2/h8-13,20-22,24,28,38H,6-7,14-17H2,1-5H3/t20-,21-,22-,24-,28-,30-,31-,32-,33-/m0/s1. The smallest absolute Gasteiger partial charge is 0.313 e. The molecule has 0 aromatic heterocycles. The van der Waals surface area contributed by atoms with Gasteiger partial charge >= 0.3 is 11.9 Å². The quantitative estimate of drug-likeness (QED) is 0.400. The monoisotopic (exact) mass is 604 g/mol. The molecule has 0 amide bonds. The van der Waals surface area contributed by atoms with Crippen LogP contribution in [-0.4, -0.2) is 53.0 Å².